The van der Waals surface area contributed by atoms with Crippen molar-refractivity contribution in [3.63, 3.8) is 0 Å². The molecule has 1 fully saturated rings. The van der Waals surface area contributed by atoms with E-state index in [0.29, 0.717) is 18.9 Å². The van der Waals surface area contributed by atoms with Crippen molar-refractivity contribution in [3.05, 3.63) is 83.9 Å². The first kappa shape index (κ1) is 23.7. The maximum absolute atomic E-state index is 13.3. The zero-order valence-corrected chi connectivity index (χ0v) is 19.4. The van der Waals surface area contributed by atoms with Crippen LogP contribution >= 0.6 is 0 Å². The summed E-state index contributed by atoms with van der Waals surface area (Å²) in [5.41, 5.74) is 14.0. The van der Waals surface area contributed by atoms with Crippen molar-refractivity contribution >= 4 is 11.8 Å². The van der Waals surface area contributed by atoms with Gasteiger partial charge >= 0.3 is 0 Å². The first-order chi connectivity index (χ1) is 16.5. The number of hydrogen-bond acceptors (Lipinski definition) is 4. The second kappa shape index (κ2) is 11.1. The average Bonchev–Trinajstić information content (AvgIpc) is 3.34. The minimum Gasteiger partial charge on any atom is -0.369 e. The van der Waals surface area contributed by atoms with Gasteiger partial charge in [-0.2, -0.15) is 0 Å². The van der Waals surface area contributed by atoms with Crippen molar-refractivity contribution in [3.8, 4) is 5.69 Å². The first-order valence-corrected chi connectivity index (χ1v) is 12.0. The number of nitrogens with one attached hydrogen (secondary N) is 1. The van der Waals surface area contributed by atoms with Crippen LogP contribution < -0.4 is 16.8 Å². The van der Waals surface area contributed by atoms with Crippen molar-refractivity contribution in [2.24, 2.45) is 23.3 Å². The Bertz CT molecular complexity index is 1090. The molecule has 2 amide bonds. The number of nitrogens with two attached hydrogens (primary N) is 2. The molecule has 2 aromatic carbocycles. The van der Waals surface area contributed by atoms with Crippen LogP contribution in [0.25, 0.3) is 5.69 Å². The van der Waals surface area contributed by atoms with Gasteiger partial charge < -0.3 is 21.4 Å². The largest absolute Gasteiger partial charge is 0.369 e. The maximum Gasteiger partial charge on any atom is 0.223 e. The number of hydrogen-bond donors (Lipinski definition) is 3. The van der Waals surface area contributed by atoms with Gasteiger partial charge in [0, 0.05) is 24.0 Å². The third-order valence-electron chi connectivity index (χ3n) is 6.72. The number of primary amides is 1. The molecule has 1 atom stereocenters. The van der Waals surface area contributed by atoms with Gasteiger partial charge in [-0.1, -0.05) is 42.5 Å². The van der Waals surface area contributed by atoms with Crippen LogP contribution in [0.2, 0.25) is 0 Å². The molecule has 0 saturated heterocycles. The summed E-state index contributed by atoms with van der Waals surface area (Å²) in [6, 6.07) is 17.5. The molecular weight excluding hydrogens is 426 g/mol. The Balaban J connectivity index is 1.57. The minimum absolute atomic E-state index is 0.0116. The van der Waals surface area contributed by atoms with Crippen molar-refractivity contribution in [1.82, 2.24) is 14.9 Å². The molecule has 3 aromatic rings. The third-order valence-corrected chi connectivity index (χ3v) is 6.72. The summed E-state index contributed by atoms with van der Waals surface area (Å²) in [7, 11) is 0. The smallest absolute Gasteiger partial charge is 0.223 e. The molecule has 1 saturated carbocycles. The lowest BCUT2D eigenvalue weighted by Crippen LogP contribution is -2.38. The maximum atomic E-state index is 13.3. The fourth-order valence-corrected chi connectivity index (χ4v) is 4.77. The predicted molar refractivity (Wildman–Crippen MR) is 132 cm³/mol. The number of rotatable bonds is 9. The highest BCUT2D eigenvalue weighted by molar-refractivity contribution is 5.79. The van der Waals surface area contributed by atoms with Crippen LogP contribution in [-0.2, 0) is 22.4 Å². The molecule has 7 nitrogen and oxygen atoms in total. The molecule has 0 bridgehead atoms. The molecular formula is C27H33N5O2. The molecule has 0 aliphatic heterocycles. The third kappa shape index (κ3) is 5.91. The highest BCUT2D eigenvalue weighted by Gasteiger charge is 2.29. The lowest BCUT2D eigenvalue weighted by Gasteiger charge is -2.29. The molecule has 4 rings (SSSR count). The molecule has 178 valence electrons. The highest BCUT2D eigenvalue weighted by Crippen LogP contribution is 2.29. The fraction of sp³-hybridized carbons (Fsp3) is 0.370. The second-order valence-electron chi connectivity index (χ2n) is 9.17. The van der Waals surface area contributed by atoms with Crippen LogP contribution in [0, 0.1) is 11.8 Å². The molecule has 0 spiro atoms. The van der Waals surface area contributed by atoms with Crippen molar-refractivity contribution < 1.29 is 9.59 Å². The normalized spacial score (nSPS) is 18.9. The molecule has 1 aromatic heterocycles. The number of imidazole rings is 1. The summed E-state index contributed by atoms with van der Waals surface area (Å²) in [4.78, 5) is 29.1. The zero-order valence-electron chi connectivity index (χ0n) is 19.4. The highest BCUT2D eigenvalue weighted by atomic mass is 16.2. The molecule has 1 aliphatic carbocycles. The van der Waals surface area contributed by atoms with Gasteiger partial charge in [-0.05, 0) is 67.8 Å². The van der Waals surface area contributed by atoms with Gasteiger partial charge in [-0.3, -0.25) is 9.59 Å². The van der Waals surface area contributed by atoms with Gasteiger partial charge in [0.15, 0.2) is 0 Å². The van der Waals surface area contributed by atoms with E-state index in [4.69, 9.17) is 11.5 Å². The monoisotopic (exact) mass is 459 g/mol. The van der Waals surface area contributed by atoms with Crippen LogP contribution in [0.5, 0.6) is 0 Å². The van der Waals surface area contributed by atoms with Gasteiger partial charge in [0.05, 0.1) is 12.5 Å². The standard InChI is InChI=1S/C27H33N5O2/c28-18-21-6-10-22(11-7-21)27(34)31-24(16-19-4-2-1-3-5-19)26-30-14-15-32(26)23-12-8-20(9-13-23)17-25(29)33/h1-5,8-9,12-15,21-22,24H,6-7,10-11,16-18,28H2,(H2,29,33)(H,31,34)/t21-,22-,24-/m0/s1. The molecule has 1 aliphatic rings. The van der Waals surface area contributed by atoms with Crippen LogP contribution in [0.3, 0.4) is 0 Å². The van der Waals surface area contributed by atoms with E-state index in [2.05, 4.69) is 22.4 Å². The van der Waals surface area contributed by atoms with Gasteiger partial charge in [-0.15, -0.1) is 0 Å². The molecule has 1 heterocycles. The molecule has 0 unspecified atom stereocenters. The number of amides is 2. The Morgan fingerprint density at radius 1 is 1.00 bits per heavy atom. The van der Waals surface area contributed by atoms with E-state index < -0.39 is 0 Å². The first-order valence-electron chi connectivity index (χ1n) is 12.0. The SMILES string of the molecule is NC[C@H]1CC[C@H](C(=O)N[C@@H](Cc2ccccc2)c2nccn2-c2ccc(CC(N)=O)cc2)CC1. The lowest BCUT2D eigenvalue weighted by atomic mass is 9.81. The average molecular weight is 460 g/mol. The number of benzene rings is 2. The van der Waals surface area contributed by atoms with E-state index in [9.17, 15) is 9.59 Å². The summed E-state index contributed by atoms with van der Waals surface area (Å²) in [6.07, 6.45) is 8.26. The summed E-state index contributed by atoms with van der Waals surface area (Å²) in [6.45, 7) is 0.695. The lowest BCUT2D eigenvalue weighted by molar-refractivity contribution is -0.127. The van der Waals surface area contributed by atoms with Crippen LogP contribution in [-0.4, -0.2) is 27.9 Å². The number of carbonyl (C=O) groups is 2. The number of carbonyl (C=O) groups excluding carboxylic acids is 2. The molecule has 34 heavy (non-hydrogen) atoms. The van der Waals surface area contributed by atoms with Crippen molar-refractivity contribution in [2.45, 2.75) is 44.6 Å². The Labute approximate surface area is 200 Å². The Kier molecular flexibility index (Phi) is 7.75. The van der Waals surface area contributed by atoms with Gasteiger partial charge in [0.1, 0.15) is 5.82 Å². The summed E-state index contributed by atoms with van der Waals surface area (Å²) < 4.78 is 1.99. The van der Waals surface area contributed by atoms with Crippen LogP contribution in [0.1, 0.15) is 48.7 Å². The summed E-state index contributed by atoms with van der Waals surface area (Å²) in [5.74, 6) is 1.04. The van der Waals surface area contributed by atoms with Gasteiger partial charge in [0.2, 0.25) is 11.8 Å². The Morgan fingerprint density at radius 2 is 1.71 bits per heavy atom. The van der Waals surface area contributed by atoms with E-state index in [1.54, 1.807) is 6.20 Å². The van der Waals surface area contributed by atoms with E-state index in [1.807, 2.05) is 53.2 Å². The molecule has 5 N–H and O–H groups in total. The predicted octanol–water partition coefficient (Wildman–Crippen LogP) is 3.07. The zero-order chi connectivity index (χ0) is 23.9. The minimum atomic E-state index is -0.359. The van der Waals surface area contributed by atoms with Crippen molar-refractivity contribution in [1.29, 1.82) is 0 Å². The van der Waals surface area contributed by atoms with Crippen molar-refractivity contribution in [2.75, 3.05) is 6.54 Å². The van der Waals surface area contributed by atoms with Crippen LogP contribution in [0.4, 0.5) is 0 Å². The number of aromatic nitrogens is 2. The molecule has 7 heteroatoms. The summed E-state index contributed by atoms with van der Waals surface area (Å²) >= 11 is 0. The van der Waals surface area contributed by atoms with E-state index in [1.165, 1.54) is 0 Å². The fourth-order valence-electron chi connectivity index (χ4n) is 4.77. The van der Waals surface area contributed by atoms with Crippen LogP contribution in [0.15, 0.2) is 67.0 Å². The van der Waals surface area contributed by atoms with E-state index in [-0.39, 0.29) is 30.2 Å². The summed E-state index contributed by atoms with van der Waals surface area (Å²) in [5, 5.41) is 3.30. The number of nitrogens with zero attached hydrogens (tertiary/aromatic N) is 2. The molecule has 0 radical (unpaired) electrons. The Morgan fingerprint density at radius 3 is 2.35 bits per heavy atom. The second-order valence-corrected chi connectivity index (χ2v) is 9.17. The van der Waals surface area contributed by atoms with Gasteiger partial charge in [-0.25, -0.2) is 4.98 Å². The van der Waals surface area contributed by atoms with E-state index >= 15 is 0 Å². The Hall–Kier alpha value is -3.45. The van der Waals surface area contributed by atoms with E-state index in [0.717, 1.165) is 48.3 Å². The van der Waals surface area contributed by atoms with Gasteiger partial charge in [0.25, 0.3) is 0 Å². The quantitative estimate of drug-likeness (QED) is 0.456. The topological polar surface area (TPSA) is 116 Å².